The van der Waals surface area contributed by atoms with Crippen molar-refractivity contribution < 1.29 is 24.2 Å². The maximum atomic E-state index is 11.5. The molecule has 0 bridgehead atoms. The lowest BCUT2D eigenvalue weighted by molar-refractivity contribution is -0.139. The summed E-state index contributed by atoms with van der Waals surface area (Å²) in [6.07, 6.45) is 0. The highest BCUT2D eigenvalue weighted by atomic mass is 16.5. The summed E-state index contributed by atoms with van der Waals surface area (Å²) < 4.78 is 4.97. The fraction of sp³-hybridized carbons (Fsp3) is 0.182. The molecule has 1 saturated heterocycles. The quantitative estimate of drug-likeness (QED) is 0.744. The van der Waals surface area contributed by atoms with Gasteiger partial charge in [0.1, 0.15) is 5.75 Å². The van der Waals surface area contributed by atoms with Crippen LogP contribution in [-0.4, -0.2) is 36.2 Å². The number of carboxylic acids is 1. The highest BCUT2D eigenvalue weighted by molar-refractivity contribution is 6.19. The second-order valence-electron chi connectivity index (χ2n) is 3.57. The minimum Gasteiger partial charge on any atom is -0.482 e. The molecule has 7 heteroatoms. The van der Waals surface area contributed by atoms with Crippen LogP contribution in [0.5, 0.6) is 5.75 Å². The number of nitrogens with one attached hydrogen (secondary N) is 1. The van der Waals surface area contributed by atoms with Gasteiger partial charge in [0, 0.05) is 6.07 Å². The molecule has 1 heterocycles. The SMILES string of the molecule is O=C(O)COc1cccc(N2C(=O)CNC2=O)c1. The molecule has 0 aliphatic carbocycles. The maximum absolute atomic E-state index is 11.5. The summed E-state index contributed by atoms with van der Waals surface area (Å²) in [5, 5.41) is 10.9. The highest BCUT2D eigenvalue weighted by Gasteiger charge is 2.30. The van der Waals surface area contributed by atoms with Crippen LogP contribution in [0.2, 0.25) is 0 Å². The second kappa shape index (κ2) is 4.74. The number of nitrogens with zero attached hydrogens (tertiary/aromatic N) is 1. The third-order valence-electron chi connectivity index (χ3n) is 2.28. The Bertz CT molecular complexity index is 498. The van der Waals surface area contributed by atoms with E-state index in [-0.39, 0.29) is 18.2 Å². The summed E-state index contributed by atoms with van der Waals surface area (Å²) in [7, 11) is 0. The van der Waals surface area contributed by atoms with Crippen molar-refractivity contribution in [2.75, 3.05) is 18.1 Å². The highest BCUT2D eigenvalue weighted by Crippen LogP contribution is 2.22. The largest absolute Gasteiger partial charge is 0.482 e. The number of anilines is 1. The van der Waals surface area contributed by atoms with Crippen molar-refractivity contribution in [1.82, 2.24) is 5.32 Å². The molecule has 1 aromatic carbocycles. The normalized spacial score (nSPS) is 14.6. The summed E-state index contributed by atoms with van der Waals surface area (Å²) in [5.74, 6) is -1.19. The van der Waals surface area contributed by atoms with E-state index in [1.165, 1.54) is 6.07 Å². The number of carbonyl (C=O) groups is 3. The molecule has 0 radical (unpaired) electrons. The Morgan fingerprint density at radius 2 is 2.22 bits per heavy atom. The maximum Gasteiger partial charge on any atom is 0.341 e. The predicted octanol–water partition coefficient (Wildman–Crippen LogP) is 0.206. The number of carboxylic acid groups (broad SMARTS) is 1. The predicted molar refractivity (Wildman–Crippen MR) is 60.5 cm³/mol. The fourth-order valence-corrected chi connectivity index (χ4v) is 1.54. The lowest BCUT2D eigenvalue weighted by atomic mass is 10.3. The number of benzene rings is 1. The second-order valence-corrected chi connectivity index (χ2v) is 3.57. The number of urea groups is 1. The smallest absolute Gasteiger partial charge is 0.341 e. The van der Waals surface area contributed by atoms with Gasteiger partial charge in [-0.25, -0.2) is 14.5 Å². The van der Waals surface area contributed by atoms with Gasteiger partial charge in [0.05, 0.1) is 12.2 Å². The third-order valence-corrected chi connectivity index (χ3v) is 2.28. The van der Waals surface area contributed by atoms with Crippen molar-refractivity contribution >= 4 is 23.6 Å². The van der Waals surface area contributed by atoms with E-state index in [2.05, 4.69) is 5.32 Å². The molecular weight excluding hydrogens is 240 g/mol. The molecule has 18 heavy (non-hydrogen) atoms. The van der Waals surface area contributed by atoms with Gasteiger partial charge >= 0.3 is 12.0 Å². The van der Waals surface area contributed by atoms with Crippen LogP contribution >= 0.6 is 0 Å². The van der Waals surface area contributed by atoms with Crippen molar-refractivity contribution in [3.8, 4) is 5.75 Å². The number of imide groups is 1. The Kier molecular flexibility index (Phi) is 3.13. The average molecular weight is 250 g/mol. The van der Waals surface area contributed by atoms with E-state index in [4.69, 9.17) is 9.84 Å². The molecule has 0 aromatic heterocycles. The Hall–Kier alpha value is -2.57. The van der Waals surface area contributed by atoms with E-state index in [1.807, 2.05) is 0 Å². The van der Waals surface area contributed by atoms with E-state index in [1.54, 1.807) is 18.2 Å². The van der Waals surface area contributed by atoms with Gasteiger partial charge in [-0.15, -0.1) is 0 Å². The Morgan fingerprint density at radius 3 is 2.83 bits per heavy atom. The number of ether oxygens (including phenoxy) is 1. The first-order valence-electron chi connectivity index (χ1n) is 5.13. The number of hydrogen-bond donors (Lipinski definition) is 2. The summed E-state index contributed by atoms with van der Waals surface area (Å²) in [6, 6.07) is 5.62. The number of carbonyl (C=O) groups excluding carboxylic acids is 2. The molecule has 3 amide bonds. The zero-order valence-corrected chi connectivity index (χ0v) is 9.25. The molecule has 0 saturated carbocycles. The molecule has 7 nitrogen and oxygen atoms in total. The van der Waals surface area contributed by atoms with E-state index in [0.29, 0.717) is 5.69 Å². The van der Waals surface area contributed by atoms with Crippen LogP contribution in [0.4, 0.5) is 10.5 Å². The standard InChI is InChI=1S/C11H10N2O5/c14-9-5-12-11(17)13(9)7-2-1-3-8(4-7)18-6-10(15)16/h1-4H,5-6H2,(H,12,17)(H,15,16). The molecule has 1 aliphatic heterocycles. The Morgan fingerprint density at radius 1 is 1.44 bits per heavy atom. The number of aliphatic carboxylic acids is 1. The lowest BCUT2D eigenvalue weighted by Crippen LogP contribution is -2.30. The van der Waals surface area contributed by atoms with Crippen molar-refractivity contribution in [3.05, 3.63) is 24.3 Å². The van der Waals surface area contributed by atoms with Crippen LogP contribution in [-0.2, 0) is 9.59 Å². The molecule has 1 aromatic rings. The van der Waals surface area contributed by atoms with Crippen LogP contribution in [0.25, 0.3) is 0 Å². The molecular formula is C11H10N2O5. The van der Waals surface area contributed by atoms with E-state index >= 15 is 0 Å². The van der Waals surface area contributed by atoms with Gasteiger partial charge in [-0.2, -0.15) is 0 Å². The van der Waals surface area contributed by atoms with Gasteiger partial charge in [0.2, 0.25) is 0 Å². The monoisotopic (exact) mass is 250 g/mol. The average Bonchev–Trinajstić information content (AvgIpc) is 2.67. The van der Waals surface area contributed by atoms with Gasteiger partial charge in [-0.1, -0.05) is 6.07 Å². The third kappa shape index (κ3) is 2.40. The van der Waals surface area contributed by atoms with Gasteiger partial charge in [-0.3, -0.25) is 4.79 Å². The van der Waals surface area contributed by atoms with Gasteiger partial charge in [0.25, 0.3) is 5.91 Å². The van der Waals surface area contributed by atoms with Gasteiger partial charge in [0.15, 0.2) is 6.61 Å². The first-order valence-corrected chi connectivity index (χ1v) is 5.13. The van der Waals surface area contributed by atoms with Crippen molar-refractivity contribution in [2.45, 2.75) is 0 Å². The summed E-state index contributed by atoms with van der Waals surface area (Å²) in [4.78, 5) is 34.2. The molecule has 0 atom stereocenters. The summed E-state index contributed by atoms with van der Waals surface area (Å²) in [5.41, 5.74) is 0.345. The van der Waals surface area contributed by atoms with Crippen LogP contribution in [0, 0.1) is 0 Å². The number of hydrogen-bond acceptors (Lipinski definition) is 4. The van der Waals surface area contributed by atoms with Crippen LogP contribution < -0.4 is 15.0 Å². The minimum absolute atomic E-state index is 0.0426. The lowest BCUT2D eigenvalue weighted by Gasteiger charge is -2.13. The Labute approximate surface area is 102 Å². The van der Waals surface area contributed by atoms with E-state index < -0.39 is 18.6 Å². The van der Waals surface area contributed by atoms with Gasteiger partial charge in [-0.05, 0) is 12.1 Å². The number of amides is 3. The van der Waals surface area contributed by atoms with Crippen molar-refractivity contribution in [3.63, 3.8) is 0 Å². The summed E-state index contributed by atoms with van der Waals surface area (Å²) in [6.45, 7) is -0.525. The molecule has 1 fully saturated rings. The molecule has 94 valence electrons. The fourth-order valence-electron chi connectivity index (χ4n) is 1.54. The first kappa shape index (κ1) is 11.9. The van der Waals surface area contributed by atoms with E-state index in [9.17, 15) is 14.4 Å². The van der Waals surface area contributed by atoms with Crippen LogP contribution in [0.1, 0.15) is 0 Å². The van der Waals surface area contributed by atoms with E-state index in [0.717, 1.165) is 4.90 Å². The van der Waals surface area contributed by atoms with Crippen LogP contribution in [0.3, 0.4) is 0 Å². The zero-order chi connectivity index (χ0) is 13.1. The molecule has 2 rings (SSSR count). The van der Waals surface area contributed by atoms with Crippen molar-refractivity contribution in [1.29, 1.82) is 0 Å². The number of rotatable bonds is 4. The zero-order valence-electron chi connectivity index (χ0n) is 9.25. The summed E-state index contributed by atoms with van der Waals surface area (Å²) >= 11 is 0. The first-order chi connectivity index (χ1) is 8.58. The van der Waals surface area contributed by atoms with Crippen molar-refractivity contribution in [2.24, 2.45) is 0 Å². The molecule has 1 aliphatic rings. The van der Waals surface area contributed by atoms with Crippen LogP contribution in [0.15, 0.2) is 24.3 Å². The van der Waals surface area contributed by atoms with Gasteiger partial charge < -0.3 is 15.2 Å². The molecule has 0 unspecified atom stereocenters. The Balaban J connectivity index is 2.19. The molecule has 2 N–H and O–H groups in total. The molecule has 0 spiro atoms. The minimum atomic E-state index is -1.10. The topological polar surface area (TPSA) is 95.9 Å².